The summed E-state index contributed by atoms with van der Waals surface area (Å²) in [5.41, 5.74) is 1.68. The lowest BCUT2D eigenvalue weighted by atomic mass is 10.3. The van der Waals surface area contributed by atoms with Crippen molar-refractivity contribution in [3.05, 3.63) is 83.9 Å². The molecule has 0 radical (unpaired) electrons. The monoisotopic (exact) mass is 493 g/mol. The molecule has 1 heterocycles. The average molecular weight is 494 g/mol. The fourth-order valence-corrected chi connectivity index (χ4v) is 5.81. The van der Waals surface area contributed by atoms with Crippen LogP contribution in [0.3, 0.4) is 0 Å². The molecule has 0 bridgehead atoms. The van der Waals surface area contributed by atoms with Gasteiger partial charge in [0.05, 0.1) is 33.6 Å². The number of rotatable bonds is 8. The molecule has 0 aliphatic carbocycles. The maximum atomic E-state index is 13.3. The van der Waals surface area contributed by atoms with Gasteiger partial charge in [0.2, 0.25) is 5.91 Å². The zero-order valence-electron chi connectivity index (χ0n) is 18.6. The smallest absolute Gasteiger partial charge is 0.264 e. The van der Waals surface area contributed by atoms with Gasteiger partial charge < -0.3 is 10.1 Å². The van der Waals surface area contributed by atoms with Gasteiger partial charge in [-0.3, -0.25) is 9.10 Å². The van der Waals surface area contributed by atoms with Crippen molar-refractivity contribution in [2.75, 3.05) is 23.3 Å². The third kappa shape index (κ3) is 4.95. The maximum absolute atomic E-state index is 13.3. The first-order valence-corrected chi connectivity index (χ1v) is 12.8. The number of methoxy groups -OCH3 is 1. The number of sulfonamides is 1. The molecule has 7 nitrogen and oxygen atoms in total. The molecule has 0 fully saturated rings. The Bertz CT molecular complexity index is 1410. The summed E-state index contributed by atoms with van der Waals surface area (Å²) in [6, 6.07) is 21.0. The first-order chi connectivity index (χ1) is 16.4. The van der Waals surface area contributed by atoms with E-state index in [9.17, 15) is 13.2 Å². The van der Waals surface area contributed by atoms with E-state index in [0.717, 1.165) is 10.2 Å². The molecule has 0 spiro atoms. The Labute approximate surface area is 202 Å². The van der Waals surface area contributed by atoms with E-state index in [2.05, 4.69) is 10.3 Å². The van der Waals surface area contributed by atoms with Gasteiger partial charge in [0, 0.05) is 12.6 Å². The van der Waals surface area contributed by atoms with Gasteiger partial charge in [0.15, 0.2) is 0 Å². The SMILES string of the molecule is CCN(c1ccccc1)S(=O)(=O)c1ccc(OC)c(NC(=O)/C=C/c2nc3ccccc3s2)c1. The lowest BCUT2D eigenvalue weighted by Gasteiger charge is -2.23. The van der Waals surface area contributed by atoms with E-state index in [1.807, 2.05) is 30.3 Å². The number of hydrogen-bond donors (Lipinski definition) is 1. The van der Waals surface area contributed by atoms with Gasteiger partial charge >= 0.3 is 0 Å². The van der Waals surface area contributed by atoms with Crippen LogP contribution in [0.5, 0.6) is 5.75 Å². The number of nitrogens with zero attached hydrogens (tertiary/aromatic N) is 2. The number of carbonyl (C=O) groups excluding carboxylic acids is 1. The van der Waals surface area contributed by atoms with E-state index in [4.69, 9.17) is 4.74 Å². The van der Waals surface area contributed by atoms with E-state index < -0.39 is 15.9 Å². The summed E-state index contributed by atoms with van der Waals surface area (Å²) < 4.78 is 34.4. The number of para-hydroxylation sites is 2. The second-order valence-electron chi connectivity index (χ2n) is 7.21. The molecule has 4 aromatic rings. The number of benzene rings is 3. The van der Waals surface area contributed by atoms with Gasteiger partial charge in [-0.05, 0) is 55.5 Å². The van der Waals surface area contributed by atoms with Crippen molar-refractivity contribution in [2.45, 2.75) is 11.8 Å². The quantitative estimate of drug-likeness (QED) is 0.342. The number of hydrogen-bond acceptors (Lipinski definition) is 6. The first-order valence-electron chi connectivity index (χ1n) is 10.5. The van der Waals surface area contributed by atoms with Crippen LogP contribution in [0.15, 0.2) is 83.8 Å². The van der Waals surface area contributed by atoms with E-state index in [-0.39, 0.29) is 17.1 Å². The van der Waals surface area contributed by atoms with Gasteiger partial charge in [-0.2, -0.15) is 0 Å². The molecule has 0 aliphatic heterocycles. The van der Waals surface area contributed by atoms with E-state index in [1.165, 1.54) is 47.0 Å². The van der Waals surface area contributed by atoms with E-state index in [1.54, 1.807) is 37.3 Å². The summed E-state index contributed by atoms with van der Waals surface area (Å²) in [7, 11) is -2.40. The second-order valence-corrected chi connectivity index (χ2v) is 10.1. The van der Waals surface area contributed by atoms with Crippen LogP contribution in [0.1, 0.15) is 11.9 Å². The summed E-state index contributed by atoms with van der Waals surface area (Å²) in [6.07, 6.45) is 2.99. The first kappa shape index (κ1) is 23.5. The Morgan fingerprint density at radius 1 is 1.09 bits per heavy atom. The van der Waals surface area contributed by atoms with Crippen molar-refractivity contribution >= 4 is 54.9 Å². The number of carbonyl (C=O) groups is 1. The molecule has 0 unspecified atom stereocenters. The largest absolute Gasteiger partial charge is 0.495 e. The number of aromatic nitrogens is 1. The number of ether oxygens (including phenoxy) is 1. The molecular weight excluding hydrogens is 470 g/mol. The highest BCUT2D eigenvalue weighted by atomic mass is 32.2. The van der Waals surface area contributed by atoms with Crippen LogP contribution >= 0.6 is 11.3 Å². The number of fused-ring (bicyclic) bond motifs is 1. The van der Waals surface area contributed by atoms with Crippen LogP contribution in [-0.2, 0) is 14.8 Å². The van der Waals surface area contributed by atoms with Gasteiger partial charge in [-0.25, -0.2) is 13.4 Å². The van der Waals surface area contributed by atoms with Crippen LogP contribution < -0.4 is 14.4 Å². The molecule has 3 aromatic carbocycles. The lowest BCUT2D eigenvalue weighted by molar-refractivity contribution is -0.111. The third-order valence-corrected chi connectivity index (χ3v) is 7.94. The van der Waals surface area contributed by atoms with Crippen molar-refractivity contribution in [1.29, 1.82) is 0 Å². The number of amides is 1. The zero-order chi connectivity index (χ0) is 24.1. The molecule has 34 heavy (non-hydrogen) atoms. The van der Waals surface area contributed by atoms with Gasteiger partial charge in [-0.1, -0.05) is 30.3 Å². The summed E-state index contributed by atoms with van der Waals surface area (Å²) in [5.74, 6) is -0.0778. The molecule has 174 valence electrons. The summed E-state index contributed by atoms with van der Waals surface area (Å²) in [5, 5.41) is 3.41. The normalized spacial score (nSPS) is 11.6. The predicted octanol–water partition coefficient (Wildman–Crippen LogP) is 5.17. The average Bonchev–Trinajstić information content (AvgIpc) is 3.27. The molecule has 0 atom stereocenters. The Morgan fingerprint density at radius 2 is 1.82 bits per heavy atom. The fraction of sp³-hybridized carbons (Fsp3) is 0.120. The van der Waals surface area contributed by atoms with Crippen LogP contribution in [-0.4, -0.2) is 33.0 Å². The highest BCUT2D eigenvalue weighted by Crippen LogP contribution is 2.31. The zero-order valence-corrected chi connectivity index (χ0v) is 20.3. The van der Waals surface area contributed by atoms with Crippen LogP contribution in [0.25, 0.3) is 16.3 Å². The van der Waals surface area contributed by atoms with Crippen molar-refractivity contribution in [3.8, 4) is 5.75 Å². The highest BCUT2D eigenvalue weighted by molar-refractivity contribution is 7.92. The van der Waals surface area contributed by atoms with Gasteiger partial charge in [-0.15, -0.1) is 11.3 Å². The molecular formula is C25H23N3O4S2. The van der Waals surface area contributed by atoms with Crippen LogP contribution in [0.4, 0.5) is 11.4 Å². The van der Waals surface area contributed by atoms with Crippen molar-refractivity contribution < 1.29 is 17.9 Å². The lowest BCUT2D eigenvalue weighted by Crippen LogP contribution is -2.30. The number of thiazole rings is 1. The third-order valence-electron chi connectivity index (χ3n) is 5.04. The van der Waals surface area contributed by atoms with Gasteiger partial charge in [0.1, 0.15) is 10.8 Å². The van der Waals surface area contributed by atoms with Crippen LogP contribution in [0.2, 0.25) is 0 Å². The Kier molecular flexibility index (Phi) is 6.95. The molecule has 4 rings (SSSR count). The summed E-state index contributed by atoms with van der Waals surface area (Å²) in [4.78, 5) is 17.1. The molecule has 0 saturated heterocycles. The molecule has 1 aromatic heterocycles. The van der Waals surface area contributed by atoms with Gasteiger partial charge in [0.25, 0.3) is 10.0 Å². The van der Waals surface area contributed by atoms with E-state index >= 15 is 0 Å². The minimum atomic E-state index is -3.86. The second kappa shape index (κ2) is 10.1. The van der Waals surface area contributed by atoms with Crippen molar-refractivity contribution in [1.82, 2.24) is 4.98 Å². The topological polar surface area (TPSA) is 88.6 Å². The van der Waals surface area contributed by atoms with Crippen molar-refractivity contribution in [2.24, 2.45) is 0 Å². The number of nitrogens with one attached hydrogen (secondary N) is 1. The predicted molar refractivity (Wildman–Crippen MR) is 137 cm³/mol. The van der Waals surface area contributed by atoms with Crippen LogP contribution in [0, 0.1) is 0 Å². The maximum Gasteiger partial charge on any atom is 0.264 e. The summed E-state index contributed by atoms with van der Waals surface area (Å²) in [6.45, 7) is 2.02. The highest BCUT2D eigenvalue weighted by Gasteiger charge is 2.25. The van der Waals surface area contributed by atoms with Crippen molar-refractivity contribution in [3.63, 3.8) is 0 Å². The molecule has 1 amide bonds. The summed E-state index contributed by atoms with van der Waals surface area (Å²) >= 11 is 1.48. The molecule has 9 heteroatoms. The Hall–Kier alpha value is -3.69. The number of anilines is 2. The standard InChI is InChI=1S/C25H23N3O4S2/c1-3-28(18-9-5-4-6-10-18)34(30,31)19-13-14-22(32-2)21(17-19)26-24(29)15-16-25-27-20-11-7-8-12-23(20)33-25/h4-17H,3H2,1-2H3,(H,26,29)/b16-15+. The minimum Gasteiger partial charge on any atom is -0.495 e. The molecule has 0 aliphatic rings. The van der Waals surface area contributed by atoms with E-state index in [0.29, 0.717) is 16.4 Å². The molecule has 0 saturated carbocycles. The Balaban J connectivity index is 1.59. The minimum absolute atomic E-state index is 0.0458. The Morgan fingerprint density at radius 3 is 2.53 bits per heavy atom. The fourth-order valence-electron chi connectivity index (χ4n) is 3.44. The molecule has 1 N–H and O–H groups in total.